The van der Waals surface area contributed by atoms with Crippen LogP contribution in [0, 0.1) is 0 Å². The SMILES string of the molecule is O=C1OC1(C(O)C(O)C(O)CO)P(=O)=O. The predicted octanol–water partition coefficient (Wildman–Crippen LogP) is -2.51. The van der Waals surface area contributed by atoms with Gasteiger partial charge in [-0.05, 0) is 0 Å². The fraction of sp³-hybridized carbons (Fsp3) is 0.833. The molecular formula is C6H9O8P. The summed E-state index contributed by atoms with van der Waals surface area (Å²) < 4.78 is 25.4. The number of cyclic esters (lactones) is 1. The molecule has 1 saturated heterocycles. The summed E-state index contributed by atoms with van der Waals surface area (Å²) in [7, 11) is -3.45. The molecule has 8 nitrogen and oxygen atoms in total. The molecule has 0 aromatic carbocycles. The summed E-state index contributed by atoms with van der Waals surface area (Å²) in [5.74, 6) is -1.20. The predicted molar refractivity (Wildman–Crippen MR) is 42.2 cm³/mol. The summed E-state index contributed by atoms with van der Waals surface area (Å²) in [6, 6.07) is 0. The maximum atomic E-state index is 10.7. The van der Waals surface area contributed by atoms with Crippen molar-refractivity contribution in [2.45, 2.75) is 23.7 Å². The fourth-order valence-corrected chi connectivity index (χ4v) is 1.74. The van der Waals surface area contributed by atoms with Crippen molar-refractivity contribution < 1.29 is 39.1 Å². The van der Waals surface area contributed by atoms with E-state index in [0.29, 0.717) is 0 Å². The fourth-order valence-electron chi connectivity index (χ4n) is 1.07. The van der Waals surface area contributed by atoms with Crippen LogP contribution in [0.1, 0.15) is 0 Å². The van der Waals surface area contributed by atoms with Gasteiger partial charge in [-0.3, -0.25) is 0 Å². The van der Waals surface area contributed by atoms with Crippen LogP contribution in [-0.4, -0.2) is 56.7 Å². The highest BCUT2D eigenvalue weighted by molar-refractivity contribution is 7.35. The van der Waals surface area contributed by atoms with E-state index >= 15 is 0 Å². The Labute approximate surface area is 83.9 Å². The zero-order chi connectivity index (χ0) is 11.8. The van der Waals surface area contributed by atoms with Gasteiger partial charge in [0, 0.05) is 0 Å². The third-order valence-electron chi connectivity index (χ3n) is 2.08. The number of rotatable bonds is 5. The molecule has 4 N–H and O–H groups in total. The molecular weight excluding hydrogens is 231 g/mol. The van der Waals surface area contributed by atoms with Crippen molar-refractivity contribution in [2.75, 3.05) is 6.61 Å². The van der Waals surface area contributed by atoms with Crippen molar-refractivity contribution in [1.82, 2.24) is 0 Å². The first-order valence-electron chi connectivity index (χ1n) is 3.91. The van der Waals surface area contributed by atoms with Crippen molar-refractivity contribution >= 4 is 13.6 Å². The largest absolute Gasteiger partial charge is 0.425 e. The molecule has 0 amide bonds. The van der Waals surface area contributed by atoms with E-state index in [0.717, 1.165) is 0 Å². The summed E-state index contributed by atoms with van der Waals surface area (Å²) in [6.07, 6.45) is -5.88. The highest BCUT2D eigenvalue weighted by Crippen LogP contribution is 2.48. The van der Waals surface area contributed by atoms with E-state index in [9.17, 15) is 19.0 Å². The first-order chi connectivity index (χ1) is 6.87. The van der Waals surface area contributed by atoms with Crippen LogP contribution in [0.3, 0.4) is 0 Å². The lowest BCUT2D eigenvalue weighted by molar-refractivity contribution is -0.118. The molecule has 4 atom stereocenters. The van der Waals surface area contributed by atoms with Crippen molar-refractivity contribution in [3.63, 3.8) is 0 Å². The Kier molecular flexibility index (Phi) is 3.27. The molecule has 9 heteroatoms. The van der Waals surface area contributed by atoms with Crippen LogP contribution < -0.4 is 0 Å². The van der Waals surface area contributed by atoms with E-state index in [1.165, 1.54) is 0 Å². The van der Waals surface area contributed by atoms with E-state index in [2.05, 4.69) is 4.74 Å². The van der Waals surface area contributed by atoms with Gasteiger partial charge in [0.1, 0.15) is 18.3 Å². The number of aliphatic hydroxyl groups excluding tert-OH is 4. The first kappa shape index (κ1) is 12.3. The smallest absolute Gasteiger partial charge is 0.375 e. The van der Waals surface area contributed by atoms with Gasteiger partial charge in [-0.25, -0.2) is 13.9 Å². The Balaban J connectivity index is 2.84. The lowest BCUT2D eigenvalue weighted by Gasteiger charge is -2.20. The zero-order valence-electron chi connectivity index (χ0n) is 7.31. The topological polar surface area (TPSA) is 145 Å². The van der Waals surface area contributed by atoms with E-state index < -0.39 is 43.9 Å². The molecule has 0 aliphatic carbocycles. The van der Waals surface area contributed by atoms with Gasteiger partial charge < -0.3 is 25.2 Å². The summed E-state index contributed by atoms with van der Waals surface area (Å²) in [5, 5.41) is 33.4. The number of hydrogen-bond acceptors (Lipinski definition) is 8. The van der Waals surface area contributed by atoms with Gasteiger partial charge in [0.05, 0.1) is 6.61 Å². The number of hydrogen-bond donors (Lipinski definition) is 4. The number of aliphatic hydroxyl groups is 4. The normalized spacial score (nSPS) is 30.3. The molecule has 1 fully saturated rings. The van der Waals surface area contributed by atoms with E-state index in [4.69, 9.17) is 15.3 Å². The summed E-state index contributed by atoms with van der Waals surface area (Å²) in [5.41, 5.74) is 0. The third-order valence-corrected chi connectivity index (χ3v) is 3.16. The second-order valence-electron chi connectivity index (χ2n) is 3.03. The molecule has 4 unspecified atom stereocenters. The van der Waals surface area contributed by atoms with E-state index in [-0.39, 0.29) is 0 Å². The van der Waals surface area contributed by atoms with Gasteiger partial charge in [0.25, 0.3) is 0 Å². The van der Waals surface area contributed by atoms with Crippen molar-refractivity contribution in [2.24, 2.45) is 0 Å². The van der Waals surface area contributed by atoms with Crippen LogP contribution >= 0.6 is 7.68 Å². The summed E-state index contributed by atoms with van der Waals surface area (Å²) >= 11 is 0. The van der Waals surface area contributed by atoms with Gasteiger partial charge >= 0.3 is 19.0 Å². The molecule has 1 aliphatic rings. The summed E-state index contributed by atoms with van der Waals surface area (Å²) in [4.78, 5) is 10.7. The quantitative estimate of drug-likeness (QED) is 0.304. The minimum absolute atomic E-state index is 0.891. The van der Waals surface area contributed by atoms with Crippen molar-refractivity contribution in [3.8, 4) is 0 Å². The van der Waals surface area contributed by atoms with Gasteiger partial charge in [-0.15, -0.1) is 0 Å². The van der Waals surface area contributed by atoms with Crippen molar-refractivity contribution in [1.29, 1.82) is 0 Å². The Morgan fingerprint density at radius 1 is 1.33 bits per heavy atom. The van der Waals surface area contributed by atoms with Crippen LogP contribution in [0.25, 0.3) is 0 Å². The van der Waals surface area contributed by atoms with Gasteiger partial charge in [0.15, 0.2) is 0 Å². The minimum atomic E-state index is -3.45. The second-order valence-corrected chi connectivity index (χ2v) is 4.21. The van der Waals surface area contributed by atoms with Crippen LogP contribution in [0.5, 0.6) is 0 Å². The van der Waals surface area contributed by atoms with Gasteiger partial charge in [-0.1, -0.05) is 0 Å². The van der Waals surface area contributed by atoms with Crippen molar-refractivity contribution in [3.05, 3.63) is 0 Å². The van der Waals surface area contributed by atoms with E-state index in [1.807, 2.05) is 0 Å². The maximum absolute atomic E-state index is 10.7. The molecule has 0 aromatic rings. The standard InChI is InChI=1S/C6H9O8P/c7-1-2(8)3(9)4(10)6(15(12)13)5(11)14-6/h2-4,7-10H,1H2. The average Bonchev–Trinajstić information content (AvgIpc) is 2.88. The molecule has 1 aliphatic heterocycles. The number of epoxide rings is 1. The molecule has 15 heavy (non-hydrogen) atoms. The third kappa shape index (κ3) is 1.82. The lowest BCUT2D eigenvalue weighted by atomic mass is 10.1. The Hall–Kier alpha value is -0.790. The van der Waals surface area contributed by atoms with Crippen LogP contribution in [0.4, 0.5) is 0 Å². The van der Waals surface area contributed by atoms with Gasteiger partial charge in [0.2, 0.25) is 0 Å². The Morgan fingerprint density at radius 3 is 2.07 bits per heavy atom. The maximum Gasteiger partial charge on any atom is 0.375 e. The molecule has 0 aromatic heterocycles. The molecule has 0 spiro atoms. The first-order valence-corrected chi connectivity index (χ1v) is 5.08. The molecule has 86 valence electrons. The number of carbonyl (C=O) groups excluding carboxylic acids is 1. The van der Waals surface area contributed by atoms with Crippen LogP contribution in [0.15, 0.2) is 0 Å². The molecule has 1 heterocycles. The summed E-state index contributed by atoms with van der Waals surface area (Å²) in [6.45, 7) is -0.891. The second kappa shape index (κ2) is 3.99. The average molecular weight is 240 g/mol. The molecule has 1 rings (SSSR count). The number of carbonyl (C=O) groups is 1. The number of ether oxygens (including phenoxy) is 1. The molecule has 0 saturated carbocycles. The lowest BCUT2D eigenvalue weighted by Crippen LogP contribution is -2.46. The van der Waals surface area contributed by atoms with E-state index in [1.54, 1.807) is 0 Å². The Morgan fingerprint density at radius 2 is 1.80 bits per heavy atom. The van der Waals surface area contributed by atoms with Crippen LogP contribution in [-0.2, 0) is 18.7 Å². The minimum Gasteiger partial charge on any atom is -0.425 e. The monoisotopic (exact) mass is 240 g/mol. The zero-order valence-corrected chi connectivity index (χ0v) is 8.20. The highest BCUT2D eigenvalue weighted by Gasteiger charge is 2.71. The molecule has 0 radical (unpaired) electrons. The highest BCUT2D eigenvalue weighted by atomic mass is 31.1. The Bertz CT molecular complexity index is 330. The molecule has 0 bridgehead atoms. The van der Waals surface area contributed by atoms with Gasteiger partial charge in [-0.2, -0.15) is 0 Å². The van der Waals surface area contributed by atoms with Crippen LogP contribution in [0.2, 0.25) is 0 Å².